The van der Waals surface area contributed by atoms with Crippen molar-refractivity contribution in [1.29, 1.82) is 0 Å². The van der Waals surface area contributed by atoms with Gasteiger partial charge in [0.1, 0.15) is 30.9 Å². The van der Waals surface area contributed by atoms with E-state index >= 15 is 0 Å². The number of ether oxygens (including phenoxy) is 1. The smallest absolute Gasteiger partial charge is 0.156 e. The van der Waals surface area contributed by atoms with Gasteiger partial charge in [-0.3, -0.25) is 0 Å². The van der Waals surface area contributed by atoms with Gasteiger partial charge in [-0.25, -0.2) is 27.7 Å². The van der Waals surface area contributed by atoms with Gasteiger partial charge in [0, 0.05) is 15.6 Å². The van der Waals surface area contributed by atoms with Gasteiger partial charge >= 0.3 is 0 Å². The Bertz CT molecular complexity index is 1400. The van der Waals surface area contributed by atoms with Gasteiger partial charge in [-0.05, 0) is 42.7 Å². The quantitative estimate of drug-likeness (QED) is 0.339. The molecule has 2 aromatic carbocycles. The maximum Gasteiger partial charge on any atom is 0.156 e. The van der Waals surface area contributed by atoms with Crippen molar-refractivity contribution in [2.75, 3.05) is 5.75 Å². The molecule has 0 N–H and O–H groups in total. The van der Waals surface area contributed by atoms with Crippen molar-refractivity contribution in [2.24, 2.45) is 0 Å². The number of nitrogens with zero attached hydrogens (tertiary/aromatic N) is 6. The van der Waals surface area contributed by atoms with Crippen LogP contribution in [-0.4, -0.2) is 49.8 Å². The van der Waals surface area contributed by atoms with Gasteiger partial charge in [0.05, 0.1) is 29.8 Å². The first-order valence-electron chi connectivity index (χ1n) is 10.9. The van der Waals surface area contributed by atoms with Gasteiger partial charge < -0.3 is 4.74 Å². The third-order valence-electron chi connectivity index (χ3n) is 6.01. The van der Waals surface area contributed by atoms with Crippen molar-refractivity contribution in [2.45, 2.75) is 36.8 Å². The summed E-state index contributed by atoms with van der Waals surface area (Å²) in [5.74, 6) is -0.176. The zero-order chi connectivity index (χ0) is 24.5. The molecule has 4 aromatic rings. The average molecular weight is 533 g/mol. The number of hydrogen-bond acceptors (Lipinski definition) is 7. The highest BCUT2D eigenvalue weighted by Gasteiger charge is 2.44. The second-order valence-electron chi connectivity index (χ2n) is 8.55. The molecular formula is C23H22Cl2N6O3S. The molecule has 2 aromatic heterocycles. The lowest BCUT2D eigenvalue weighted by molar-refractivity contribution is -0.0511. The number of hydrogen-bond donors (Lipinski definition) is 0. The minimum absolute atomic E-state index is 0.0811. The summed E-state index contributed by atoms with van der Waals surface area (Å²) >= 11 is 12.6. The SMILES string of the molecule is O=S(=O)(Cc1ccc(-n2cncn2)cc1)CC1CCC(Cn2cncn2)(c2ccc(Cl)cc2Cl)O1. The summed E-state index contributed by atoms with van der Waals surface area (Å²) in [4.78, 5) is 7.93. The van der Waals surface area contributed by atoms with E-state index in [0.717, 1.165) is 11.3 Å². The Balaban J connectivity index is 1.32. The van der Waals surface area contributed by atoms with Gasteiger partial charge in [-0.15, -0.1) is 0 Å². The molecule has 9 nitrogen and oxygen atoms in total. The van der Waals surface area contributed by atoms with Crippen LogP contribution in [0.3, 0.4) is 0 Å². The summed E-state index contributed by atoms with van der Waals surface area (Å²) in [7, 11) is -3.44. The Morgan fingerprint density at radius 1 is 1.03 bits per heavy atom. The summed E-state index contributed by atoms with van der Waals surface area (Å²) in [6, 6.07) is 12.4. The third-order valence-corrected chi connectivity index (χ3v) is 8.22. The van der Waals surface area contributed by atoms with E-state index in [0.29, 0.717) is 35.0 Å². The number of benzene rings is 2. The second kappa shape index (κ2) is 9.69. The molecule has 1 aliphatic rings. The predicted molar refractivity (Wildman–Crippen MR) is 131 cm³/mol. The standard InChI is InChI=1S/C23H22Cl2N6O3S/c24-18-3-6-21(22(25)9-18)23(12-30-15-26-13-28-30)8-7-20(34-23)11-35(32,33)10-17-1-4-19(5-2-17)31-16-27-14-29-31/h1-6,9,13-16,20H,7-8,10-12H2. The van der Waals surface area contributed by atoms with E-state index < -0.39 is 21.5 Å². The molecule has 1 saturated heterocycles. The number of aromatic nitrogens is 6. The van der Waals surface area contributed by atoms with E-state index in [1.165, 1.54) is 12.7 Å². The van der Waals surface area contributed by atoms with Crippen molar-refractivity contribution < 1.29 is 13.2 Å². The molecule has 0 saturated carbocycles. The van der Waals surface area contributed by atoms with Crippen molar-refractivity contribution in [1.82, 2.24) is 29.5 Å². The molecule has 1 fully saturated rings. The highest BCUT2D eigenvalue weighted by Crippen LogP contribution is 2.44. The molecule has 2 atom stereocenters. The van der Waals surface area contributed by atoms with Crippen molar-refractivity contribution in [3.63, 3.8) is 0 Å². The first-order chi connectivity index (χ1) is 16.8. The van der Waals surface area contributed by atoms with Crippen LogP contribution in [0.2, 0.25) is 10.0 Å². The maximum atomic E-state index is 13.1. The van der Waals surface area contributed by atoms with Crippen molar-refractivity contribution in [3.05, 3.63) is 88.9 Å². The fourth-order valence-electron chi connectivity index (χ4n) is 4.47. The third kappa shape index (κ3) is 5.40. The Hall–Kier alpha value is -2.79. The van der Waals surface area contributed by atoms with E-state index in [1.54, 1.807) is 46.3 Å². The topological polar surface area (TPSA) is 105 Å². The normalized spacial score (nSPS) is 20.3. The lowest BCUT2D eigenvalue weighted by atomic mass is 9.90. The van der Waals surface area contributed by atoms with Crippen LogP contribution >= 0.6 is 23.2 Å². The molecule has 2 unspecified atom stereocenters. The highest BCUT2D eigenvalue weighted by molar-refractivity contribution is 7.90. The molecule has 0 spiro atoms. The zero-order valence-corrected chi connectivity index (χ0v) is 20.9. The predicted octanol–water partition coefficient (Wildman–Crippen LogP) is 3.86. The second-order valence-corrected chi connectivity index (χ2v) is 11.5. The molecular weight excluding hydrogens is 511 g/mol. The maximum absolute atomic E-state index is 13.1. The van der Waals surface area contributed by atoms with Crippen LogP contribution in [-0.2, 0) is 32.5 Å². The van der Waals surface area contributed by atoms with E-state index in [-0.39, 0.29) is 11.5 Å². The summed E-state index contributed by atoms with van der Waals surface area (Å²) in [6.45, 7) is 0.356. The van der Waals surface area contributed by atoms with Crippen molar-refractivity contribution in [3.8, 4) is 5.69 Å². The van der Waals surface area contributed by atoms with E-state index in [2.05, 4.69) is 20.2 Å². The minimum Gasteiger partial charge on any atom is -0.364 e. The molecule has 0 aliphatic carbocycles. The van der Waals surface area contributed by atoms with E-state index in [9.17, 15) is 8.42 Å². The van der Waals surface area contributed by atoms with Crippen LogP contribution in [0.5, 0.6) is 0 Å². The fraction of sp³-hybridized carbons (Fsp3) is 0.304. The van der Waals surface area contributed by atoms with Crippen LogP contribution in [0, 0.1) is 0 Å². The Morgan fingerprint density at radius 2 is 1.80 bits per heavy atom. The first kappa shape index (κ1) is 23.9. The molecule has 1 aliphatic heterocycles. The lowest BCUT2D eigenvalue weighted by Crippen LogP contribution is -2.34. The summed E-state index contributed by atoms with van der Waals surface area (Å²) in [6.07, 6.45) is 6.75. The van der Waals surface area contributed by atoms with Gasteiger partial charge in [-0.2, -0.15) is 10.2 Å². The molecule has 0 bridgehead atoms. The van der Waals surface area contributed by atoms with Gasteiger partial charge in [-0.1, -0.05) is 41.4 Å². The van der Waals surface area contributed by atoms with E-state index in [1.807, 2.05) is 18.2 Å². The first-order valence-corrected chi connectivity index (χ1v) is 13.5. The van der Waals surface area contributed by atoms with Gasteiger partial charge in [0.2, 0.25) is 0 Å². The van der Waals surface area contributed by atoms with E-state index in [4.69, 9.17) is 27.9 Å². The molecule has 12 heteroatoms. The molecule has 35 heavy (non-hydrogen) atoms. The monoisotopic (exact) mass is 532 g/mol. The summed E-state index contributed by atoms with van der Waals surface area (Å²) in [5, 5.41) is 9.27. The van der Waals surface area contributed by atoms with Crippen LogP contribution < -0.4 is 0 Å². The lowest BCUT2D eigenvalue weighted by Gasteiger charge is -2.31. The minimum atomic E-state index is -3.44. The Kier molecular flexibility index (Phi) is 6.63. The number of sulfone groups is 1. The van der Waals surface area contributed by atoms with Crippen LogP contribution in [0.15, 0.2) is 67.8 Å². The molecule has 5 rings (SSSR count). The fourth-order valence-corrected chi connectivity index (χ4v) is 6.67. The molecule has 0 amide bonds. The highest BCUT2D eigenvalue weighted by atomic mass is 35.5. The molecule has 3 heterocycles. The molecule has 182 valence electrons. The Labute approximate surface area is 212 Å². The van der Waals surface area contributed by atoms with Crippen LogP contribution in [0.25, 0.3) is 5.69 Å². The summed E-state index contributed by atoms with van der Waals surface area (Å²) < 4.78 is 35.9. The van der Waals surface area contributed by atoms with Crippen LogP contribution in [0.1, 0.15) is 24.0 Å². The van der Waals surface area contributed by atoms with Gasteiger partial charge in [0.15, 0.2) is 9.84 Å². The zero-order valence-electron chi connectivity index (χ0n) is 18.5. The van der Waals surface area contributed by atoms with Gasteiger partial charge in [0.25, 0.3) is 0 Å². The largest absolute Gasteiger partial charge is 0.364 e. The summed E-state index contributed by atoms with van der Waals surface area (Å²) in [5.41, 5.74) is 1.42. The number of halogens is 2. The van der Waals surface area contributed by atoms with Crippen LogP contribution in [0.4, 0.5) is 0 Å². The van der Waals surface area contributed by atoms with Crippen molar-refractivity contribution >= 4 is 33.0 Å². The molecule has 0 radical (unpaired) electrons. The number of rotatable bonds is 8. The Morgan fingerprint density at radius 3 is 2.49 bits per heavy atom. The average Bonchev–Trinajstić information content (AvgIpc) is 3.57.